The van der Waals surface area contributed by atoms with Crippen LogP contribution >= 0.6 is 11.6 Å². The van der Waals surface area contributed by atoms with E-state index in [1.165, 1.54) is 0 Å². The number of fused-ring (bicyclic) bond motifs is 2. The third kappa shape index (κ3) is 5.59. The lowest BCUT2D eigenvalue weighted by Gasteiger charge is -2.21. The molecule has 2 aliphatic carbocycles. The van der Waals surface area contributed by atoms with E-state index in [4.69, 9.17) is 31.4 Å². The fourth-order valence-corrected chi connectivity index (χ4v) is 4.61. The van der Waals surface area contributed by atoms with E-state index in [9.17, 15) is 4.79 Å². The Labute approximate surface area is 217 Å². The van der Waals surface area contributed by atoms with E-state index in [1.54, 1.807) is 6.92 Å². The zero-order chi connectivity index (χ0) is 26.4. The van der Waals surface area contributed by atoms with Gasteiger partial charge < -0.3 is 14.8 Å². The molecule has 36 heavy (non-hydrogen) atoms. The molecule has 0 bridgehead atoms. The van der Waals surface area contributed by atoms with Crippen LogP contribution in [0.15, 0.2) is 48.4 Å². The Hall–Kier alpha value is -3.26. The van der Waals surface area contributed by atoms with E-state index in [1.807, 2.05) is 46.8 Å². The van der Waals surface area contributed by atoms with Gasteiger partial charge in [-0.05, 0) is 62.8 Å². The fraction of sp³-hybridized carbons (Fsp3) is 0.444. The first-order valence-corrected chi connectivity index (χ1v) is 12.9. The molecule has 2 aromatic heterocycles. The van der Waals surface area contributed by atoms with E-state index in [0.717, 1.165) is 70.0 Å². The molecule has 2 aromatic rings. The summed E-state index contributed by atoms with van der Waals surface area (Å²) in [6.45, 7) is 11.7. The van der Waals surface area contributed by atoms with Gasteiger partial charge in [-0.2, -0.15) is 4.98 Å². The monoisotopic (exact) mass is 511 g/mol. The summed E-state index contributed by atoms with van der Waals surface area (Å²) in [5.41, 5.74) is 12.1. The summed E-state index contributed by atoms with van der Waals surface area (Å²) in [4.78, 5) is 21.3. The molecule has 1 atom stereocenters. The minimum atomic E-state index is -0.547. The molecule has 0 saturated carbocycles. The predicted octanol–water partition coefficient (Wildman–Crippen LogP) is 6.57. The zero-order valence-corrected chi connectivity index (χ0v) is 22.6. The maximum absolute atomic E-state index is 11.9. The molecular weight excluding hydrogens is 478 g/mol. The predicted molar refractivity (Wildman–Crippen MR) is 142 cm³/mol. The average Bonchev–Trinajstić information content (AvgIpc) is 3.46. The van der Waals surface area contributed by atoms with Crippen LogP contribution in [0.25, 0.3) is 11.1 Å². The lowest BCUT2D eigenvalue weighted by atomic mass is 9.82. The number of hydrogen-bond donors (Lipinski definition) is 1. The van der Waals surface area contributed by atoms with Crippen LogP contribution in [0.1, 0.15) is 94.6 Å². The number of rotatable bonds is 4. The highest BCUT2D eigenvalue weighted by atomic mass is 35.5. The van der Waals surface area contributed by atoms with Gasteiger partial charge in [-0.3, -0.25) is 9.79 Å². The van der Waals surface area contributed by atoms with Gasteiger partial charge in [0.25, 0.3) is 5.89 Å². The number of carbonyl (C=O) groups is 1. The second-order valence-electron chi connectivity index (χ2n) is 8.19. The molecule has 3 heterocycles. The van der Waals surface area contributed by atoms with Crippen LogP contribution in [0.3, 0.4) is 0 Å². The summed E-state index contributed by atoms with van der Waals surface area (Å²) in [5, 5.41) is 8.92. The summed E-state index contributed by atoms with van der Waals surface area (Å²) in [6, 6.07) is -0.547. The summed E-state index contributed by atoms with van der Waals surface area (Å²) in [6.07, 6.45) is 8.93. The van der Waals surface area contributed by atoms with Crippen molar-refractivity contribution in [2.45, 2.75) is 79.7 Å². The highest BCUT2D eigenvalue weighted by Crippen LogP contribution is 2.45. The second kappa shape index (κ2) is 12.1. The van der Waals surface area contributed by atoms with Gasteiger partial charge in [0.05, 0.1) is 17.8 Å². The van der Waals surface area contributed by atoms with E-state index in [2.05, 4.69) is 21.4 Å². The Morgan fingerprint density at radius 1 is 1.03 bits per heavy atom. The van der Waals surface area contributed by atoms with Gasteiger partial charge in [-0.25, -0.2) is 0 Å². The van der Waals surface area contributed by atoms with Crippen LogP contribution in [0.4, 0.5) is 0 Å². The van der Waals surface area contributed by atoms with Gasteiger partial charge in [0.1, 0.15) is 6.04 Å². The molecule has 1 aliphatic heterocycles. The molecule has 9 heteroatoms. The van der Waals surface area contributed by atoms with Crippen LogP contribution in [-0.2, 0) is 4.79 Å². The van der Waals surface area contributed by atoms with Gasteiger partial charge in [0, 0.05) is 21.7 Å². The van der Waals surface area contributed by atoms with Gasteiger partial charge in [0.15, 0.2) is 11.6 Å². The topological polar surface area (TPSA) is 120 Å². The van der Waals surface area contributed by atoms with Crippen molar-refractivity contribution < 1.29 is 13.8 Å². The first kappa shape index (κ1) is 27.3. The number of carbonyl (C=O) groups excluding carboxylic acids is 1. The van der Waals surface area contributed by atoms with Crippen LogP contribution in [0.2, 0.25) is 0 Å². The fourth-order valence-electron chi connectivity index (χ4n) is 4.45. The largest absolute Gasteiger partial charge is 0.370 e. The smallest absolute Gasteiger partial charge is 0.253 e. The minimum absolute atomic E-state index is 0.0367. The van der Waals surface area contributed by atoms with Crippen molar-refractivity contribution in [3.05, 3.63) is 63.1 Å². The molecule has 0 unspecified atom stereocenters. The molecule has 0 radical (unpaired) electrons. The highest BCUT2D eigenvalue weighted by molar-refractivity contribution is 6.30. The van der Waals surface area contributed by atoms with Crippen molar-refractivity contribution in [2.24, 2.45) is 10.7 Å². The number of primary amides is 1. The van der Waals surface area contributed by atoms with E-state index >= 15 is 0 Å². The van der Waals surface area contributed by atoms with Gasteiger partial charge in [-0.15, -0.1) is 0 Å². The lowest BCUT2D eigenvalue weighted by molar-refractivity contribution is -0.118. The molecule has 0 saturated heterocycles. The molecule has 2 N–H and O–H groups in total. The second-order valence-corrected chi connectivity index (χ2v) is 8.67. The van der Waals surface area contributed by atoms with Crippen molar-refractivity contribution >= 4 is 34.4 Å². The van der Waals surface area contributed by atoms with Gasteiger partial charge in [0.2, 0.25) is 5.91 Å². The van der Waals surface area contributed by atoms with Crippen molar-refractivity contribution in [1.82, 2.24) is 15.3 Å². The standard InChI is InChI=1S/C23H22ClN5O3.2C2H6/c1-11-20-16-8-5-14(23-26-12(2)29-32-23)9-17(16)21(13-3-6-15(24)7-4-13)27-18(10-19(25)30)22(20)31-28-11;2*1-2/h3,6,9,18H,4-5,7-8,10H2,1-2H3,(H2,25,30);2*1-2H3/t18-;;/m0../s1. The number of halogens is 1. The molecule has 1 amide bonds. The molecule has 3 aliphatic rings. The lowest BCUT2D eigenvalue weighted by Crippen LogP contribution is -2.16. The maximum atomic E-state index is 11.9. The Balaban J connectivity index is 0.000000861. The average molecular weight is 512 g/mol. The Morgan fingerprint density at radius 3 is 2.36 bits per heavy atom. The Morgan fingerprint density at radius 2 is 1.75 bits per heavy atom. The summed E-state index contributed by atoms with van der Waals surface area (Å²) in [7, 11) is 0. The molecular formula is C27H34ClN5O3. The van der Waals surface area contributed by atoms with Crippen LogP contribution in [0.5, 0.6) is 0 Å². The normalized spacial score (nSPS) is 18.6. The van der Waals surface area contributed by atoms with Crippen LogP contribution in [-0.4, -0.2) is 26.9 Å². The molecule has 0 aromatic carbocycles. The number of aryl methyl sites for hydroxylation is 2. The zero-order valence-electron chi connectivity index (χ0n) is 21.8. The van der Waals surface area contributed by atoms with Gasteiger partial charge in [-0.1, -0.05) is 55.7 Å². The summed E-state index contributed by atoms with van der Waals surface area (Å²) >= 11 is 6.21. The third-order valence-corrected chi connectivity index (χ3v) is 6.24. The molecule has 0 fully saturated rings. The summed E-state index contributed by atoms with van der Waals surface area (Å²) in [5.74, 6) is 1.23. The number of allylic oxidation sites excluding steroid dienone is 8. The number of aliphatic imine (C=N–C) groups is 1. The van der Waals surface area contributed by atoms with Gasteiger partial charge >= 0.3 is 0 Å². The first-order chi connectivity index (χ1) is 17.4. The number of nitrogens with two attached hydrogens (primary N) is 1. The first-order valence-electron chi connectivity index (χ1n) is 12.5. The van der Waals surface area contributed by atoms with Crippen molar-refractivity contribution in [3.8, 4) is 0 Å². The van der Waals surface area contributed by atoms with Crippen LogP contribution < -0.4 is 5.73 Å². The van der Waals surface area contributed by atoms with Crippen molar-refractivity contribution in [1.29, 1.82) is 0 Å². The molecule has 192 valence electrons. The molecule has 0 spiro atoms. The number of amides is 1. The van der Waals surface area contributed by atoms with E-state index in [0.29, 0.717) is 17.5 Å². The number of hydrogen-bond acceptors (Lipinski definition) is 7. The quantitative estimate of drug-likeness (QED) is 0.495. The number of aromatic nitrogens is 3. The maximum Gasteiger partial charge on any atom is 0.253 e. The van der Waals surface area contributed by atoms with E-state index in [-0.39, 0.29) is 6.42 Å². The minimum Gasteiger partial charge on any atom is -0.370 e. The Bertz CT molecular complexity index is 1280. The highest BCUT2D eigenvalue weighted by Gasteiger charge is 2.34. The SMILES string of the molecule is CC.CC.Cc1noc(C2=CC3=C(CC2)c2c(C)noc2[C@H](CC(N)=O)N=C3C2=CC=C(Cl)CC2)n1. The van der Waals surface area contributed by atoms with Crippen molar-refractivity contribution in [3.63, 3.8) is 0 Å². The van der Waals surface area contributed by atoms with Crippen LogP contribution in [0, 0.1) is 13.8 Å². The number of nitrogens with zero attached hydrogens (tertiary/aromatic N) is 4. The van der Waals surface area contributed by atoms with Crippen molar-refractivity contribution in [2.75, 3.05) is 0 Å². The molecule has 5 rings (SSSR count). The molecule has 8 nitrogen and oxygen atoms in total. The summed E-state index contributed by atoms with van der Waals surface area (Å²) < 4.78 is 11.1. The third-order valence-electron chi connectivity index (χ3n) is 5.92. The Kier molecular flexibility index (Phi) is 9.20. The van der Waals surface area contributed by atoms with E-state index < -0.39 is 11.9 Å².